The minimum atomic E-state index is 0.0434. The fourth-order valence-electron chi connectivity index (χ4n) is 7.70. The number of nitrogen functional groups attached to an aromatic ring is 1. The van der Waals surface area contributed by atoms with E-state index < -0.39 is 0 Å². The Kier molecular flexibility index (Phi) is 5.52. The number of furan rings is 1. The molecule has 10 rings (SSSR count). The minimum Gasteiger partial charge on any atom is -0.455 e. The van der Waals surface area contributed by atoms with Crippen LogP contribution in [0.15, 0.2) is 156 Å². The third-order valence-corrected chi connectivity index (χ3v) is 9.69. The van der Waals surface area contributed by atoms with Crippen LogP contribution in [-0.2, 0) is 0 Å². The van der Waals surface area contributed by atoms with E-state index >= 15 is 0 Å². The maximum atomic E-state index is 8.17. The number of para-hydroxylation sites is 4. The third kappa shape index (κ3) is 3.64. The number of aromatic nitrogens is 2. The van der Waals surface area contributed by atoms with Crippen LogP contribution in [0.3, 0.4) is 0 Å². The first-order chi connectivity index (χ1) is 23.7. The Morgan fingerprint density at radius 3 is 1.98 bits per heavy atom. The molecule has 0 saturated heterocycles. The molecule has 0 aliphatic heterocycles. The highest BCUT2D eigenvalue weighted by Gasteiger charge is 2.25. The molecule has 5 nitrogen and oxygen atoms in total. The molecule has 0 aliphatic carbocycles. The van der Waals surface area contributed by atoms with Gasteiger partial charge in [0.25, 0.3) is 0 Å². The third-order valence-electron chi connectivity index (χ3n) is 9.69. The van der Waals surface area contributed by atoms with Crippen molar-refractivity contribution in [1.82, 2.24) is 9.13 Å². The number of nitrogens with one attached hydrogen (secondary N) is 1. The zero-order valence-electron chi connectivity index (χ0n) is 25.8. The SMILES string of the molecule is N=C(N)c1cccc(-c2cc3c(c4ccc5c(c6ccccc6n5-c5ccccc5)c4n3-c3ccccc3)c3oc4ccccc4c23)c1. The number of benzene rings is 7. The maximum absolute atomic E-state index is 8.17. The molecule has 226 valence electrons. The number of fused-ring (bicyclic) bond motifs is 11. The molecule has 3 aromatic heterocycles. The predicted molar refractivity (Wildman–Crippen MR) is 199 cm³/mol. The summed E-state index contributed by atoms with van der Waals surface area (Å²) in [5.74, 6) is 0.0434. The van der Waals surface area contributed by atoms with Gasteiger partial charge in [0, 0.05) is 43.9 Å². The van der Waals surface area contributed by atoms with Crippen molar-refractivity contribution in [2.24, 2.45) is 5.73 Å². The zero-order valence-corrected chi connectivity index (χ0v) is 25.8. The Morgan fingerprint density at radius 2 is 1.21 bits per heavy atom. The highest BCUT2D eigenvalue weighted by atomic mass is 16.3. The maximum Gasteiger partial charge on any atom is 0.146 e. The van der Waals surface area contributed by atoms with E-state index in [1.54, 1.807) is 0 Å². The second kappa shape index (κ2) is 9.95. The first kappa shape index (κ1) is 26.6. The molecular weight excluding hydrogens is 589 g/mol. The summed E-state index contributed by atoms with van der Waals surface area (Å²) in [4.78, 5) is 0. The van der Waals surface area contributed by atoms with Crippen molar-refractivity contribution in [3.05, 3.63) is 157 Å². The molecule has 0 fully saturated rings. The van der Waals surface area contributed by atoms with Crippen molar-refractivity contribution >= 4 is 71.4 Å². The summed E-state index contributed by atoms with van der Waals surface area (Å²) in [5.41, 5.74) is 17.1. The van der Waals surface area contributed by atoms with Crippen molar-refractivity contribution in [2.75, 3.05) is 0 Å². The van der Waals surface area contributed by atoms with Gasteiger partial charge in [-0.15, -0.1) is 0 Å². The van der Waals surface area contributed by atoms with Crippen LogP contribution in [0, 0.1) is 5.41 Å². The van der Waals surface area contributed by atoms with E-state index in [0.717, 1.165) is 77.3 Å². The van der Waals surface area contributed by atoms with Gasteiger partial charge in [-0.3, -0.25) is 5.41 Å². The first-order valence-corrected chi connectivity index (χ1v) is 16.1. The van der Waals surface area contributed by atoms with Crippen LogP contribution in [-0.4, -0.2) is 15.0 Å². The summed E-state index contributed by atoms with van der Waals surface area (Å²) in [5, 5.41) is 14.9. The molecule has 0 amide bonds. The standard InChI is InChI=1S/C43H28N4O/c44-43(45)27-13-11-12-26(24-27)33-25-36-40(42-38(33)31-19-8-10-21-37(31)48-42)32-22-23-35-39(41(32)47(36)29-16-5-2-6-17-29)30-18-7-9-20-34(30)46(35)28-14-3-1-4-15-28/h1-25H,(H3,44,45). The number of hydrogen-bond acceptors (Lipinski definition) is 2. The molecule has 0 aliphatic rings. The average Bonchev–Trinajstić information content (AvgIpc) is 3.80. The molecular formula is C43H28N4O. The number of nitrogens with zero attached hydrogens (tertiary/aromatic N) is 2. The second-order valence-corrected chi connectivity index (χ2v) is 12.3. The van der Waals surface area contributed by atoms with Crippen LogP contribution in [0.25, 0.3) is 88.1 Å². The second-order valence-electron chi connectivity index (χ2n) is 12.3. The number of rotatable bonds is 4. The Balaban J connectivity index is 1.47. The van der Waals surface area contributed by atoms with Gasteiger partial charge in [-0.1, -0.05) is 91.0 Å². The summed E-state index contributed by atoms with van der Waals surface area (Å²) < 4.78 is 11.6. The van der Waals surface area contributed by atoms with Crippen LogP contribution < -0.4 is 5.73 Å². The molecule has 3 heterocycles. The molecule has 7 aromatic carbocycles. The molecule has 0 unspecified atom stereocenters. The lowest BCUT2D eigenvalue weighted by molar-refractivity contribution is 0.673. The lowest BCUT2D eigenvalue weighted by atomic mass is 9.95. The Labute approximate surface area is 275 Å². The van der Waals surface area contributed by atoms with Crippen molar-refractivity contribution in [2.45, 2.75) is 0 Å². The fraction of sp³-hybridized carbons (Fsp3) is 0. The van der Waals surface area contributed by atoms with Crippen molar-refractivity contribution in [1.29, 1.82) is 5.41 Å². The van der Waals surface area contributed by atoms with Crippen LogP contribution in [0.4, 0.5) is 0 Å². The molecule has 0 atom stereocenters. The van der Waals surface area contributed by atoms with E-state index in [4.69, 9.17) is 15.6 Å². The number of hydrogen-bond donors (Lipinski definition) is 2. The Hall–Kier alpha value is -6.59. The molecule has 0 radical (unpaired) electrons. The zero-order chi connectivity index (χ0) is 31.9. The minimum absolute atomic E-state index is 0.0434. The van der Waals surface area contributed by atoms with Gasteiger partial charge in [0.05, 0.1) is 27.5 Å². The highest BCUT2D eigenvalue weighted by Crippen LogP contribution is 2.48. The van der Waals surface area contributed by atoms with Gasteiger partial charge in [0.15, 0.2) is 0 Å². The summed E-state index contributed by atoms with van der Waals surface area (Å²) in [6.45, 7) is 0. The van der Waals surface area contributed by atoms with E-state index in [2.05, 4.69) is 130 Å². The number of amidine groups is 1. The lowest BCUT2D eigenvalue weighted by Crippen LogP contribution is -2.10. The topological polar surface area (TPSA) is 72.9 Å². The van der Waals surface area contributed by atoms with E-state index in [1.165, 1.54) is 10.8 Å². The van der Waals surface area contributed by atoms with E-state index in [1.807, 2.05) is 30.3 Å². The molecule has 0 bridgehead atoms. The summed E-state index contributed by atoms with van der Waals surface area (Å²) in [6, 6.07) is 52.9. The van der Waals surface area contributed by atoms with Crippen LogP contribution >= 0.6 is 0 Å². The monoisotopic (exact) mass is 616 g/mol. The van der Waals surface area contributed by atoms with Gasteiger partial charge < -0.3 is 19.3 Å². The van der Waals surface area contributed by atoms with Crippen molar-refractivity contribution in [3.63, 3.8) is 0 Å². The van der Waals surface area contributed by atoms with Crippen LogP contribution in [0.2, 0.25) is 0 Å². The molecule has 10 aromatic rings. The van der Waals surface area contributed by atoms with Gasteiger partial charge >= 0.3 is 0 Å². The largest absolute Gasteiger partial charge is 0.455 e. The quantitative estimate of drug-likeness (QED) is 0.153. The Bertz CT molecular complexity index is 2910. The summed E-state index contributed by atoms with van der Waals surface area (Å²) in [6.07, 6.45) is 0. The normalized spacial score (nSPS) is 11.9. The lowest BCUT2D eigenvalue weighted by Gasteiger charge is -2.11. The molecule has 3 N–H and O–H groups in total. The summed E-state index contributed by atoms with van der Waals surface area (Å²) >= 11 is 0. The van der Waals surface area contributed by atoms with Crippen LogP contribution in [0.1, 0.15) is 5.56 Å². The molecule has 0 spiro atoms. The van der Waals surface area contributed by atoms with E-state index in [-0.39, 0.29) is 5.84 Å². The molecule has 5 heteroatoms. The van der Waals surface area contributed by atoms with Gasteiger partial charge in [0.2, 0.25) is 0 Å². The van der Waals surface area contributed by atoms with E-state index in [0.29, 0.717) is 5.56 Å². The Morgan fingerprint density at radius 1 is 0.521 bits per heavy atom. The van der Waals surface area contributed by atoms with Crippen LogP contribution in [0.5, 0.6) is 0 Å². The molecule has 0 saturated carbocycles. The van der Waals surface area contributed by atoms with Gasteiger partial charge in [-0.05, 0) is 71.8 Å². The van der Waals surface area contributed by atoms with Gasteiger partial charge in [-0.25, -0.2) is 0 Å². The molecule has 48 heavy (non-hydrogen) atoms. The van der Waals surface area contributed by atoms with Gasteiger partial charge in [0.1, 0.15) is 17.0 Å². The highest BCUT2D eigenvalue weighted by molar-refractivity contribution is 6.32. The smallest absolute Gasteiger partial charge is 0.146 e. The fourth-order valence-corrected chi connectivity index (χ4v) is 7.70. The average molecular weight is 617 g/mol. The predicted octanol–water partition coefficient (Wildman–Crippen LogP) is 10.7. The number of nitrogens with two attached hydrogens (primary N) is 1. The van der Waals surface area contributed by atoms with E-state index in [9.17, 15) is 0 Å². The summed E-state index contributed by atoms with van der Waals surface area (Å²) in [7, 11) is 0. The van der Waals surface area contributed by atoms with Crippen molar-refractivity contribution in [3.8, 4) is 22.5 Å². The van der Waals surface area contributed by atoms with Crippen molar-refractivity contribution < 1.29 is 4.42 Å². The van der Waals surface area contributed by atoms with Gasteiger partial charge in [-0.2, -0.15) is 0 Å². The first-order valence-electron chi connectivity index (χ1n) is 16.1.